The van der Waals surface area contributed by atoms with E-state index >= 15 is 0 Å². The fraction of sp³-hybridized carbons (Fsp3) is 0.357. The van der Waals surface area contributed by atoms with E-state index in [0.717, 1.165) is 22.3 Å². The lowest BCUT2D eigenvalue weighted by molar-refractivity contribution is 0.307. The van der Waals surface area contributed by atoms with E-state index in [1.807, 2.05) is 12.1 Å². The minimum atomic E-state index is 0.249. The second-order valence-corrected chi connectivity index (χ2v) is 5.14. The molecule has 2 aromatic rings. The summed E-state index contributed by atoms with van der Waals surface area (Å²) in [5.41, 5.74) is 8.97. The Balaban J connectivity index is 2.07. The molecule has 0 radical (unpaired) electrons. The minimum Gasteiger partial charge on any atom is -0.397 e. The van der Waals surface area contributed by atoms with Crippen molar-refractivity contribution in [2.75, 3.05) is 11.1 Å². The number of benzene rings is 1. The van der Waals surface area contributed by atoms with E-state index in [0.29, 0.717) is 0 Å². The Kier molecular flexibility index (Phi) is 2.21. The number of hydrogen-bond acceptors (Lipinski definition) is 3. The van der Waals surface area contributed by atoms with Gasteiger partial charge in [0.2, 0.25) is 0 Å². The van der Waals surface area contributed by atoms with Crippen molar-refractivity contribution in [2.24, 2.45) is 0 Å². The number of nitrogens with one attached hydrogen (secondary N) is 1. The second-order valence-electron chi connectivity index (χ2n) is 5.14. The summed E-state index contributed by atoms with van der Waals surface area (Å²) in [4.78, 5) is 4.35. The molecular formula is C14H17N3. The molecule has 0 amide bonds. The lowest BCUT2D eigenvalue weighted by Crippen LogP contribution is -2.41. The number of hydrogen-bond donors (Lipinski definition) is 2. The third kappa shape index (κ3) is 1.71. The number of pyridine rings is 1. The van der Waals surface area contributed by atoms with Gasteiger partial charge in [0.1, 0.15) is 0 Å². The number of nitrogens with two attached hydrogens (primary N) is 1. The standard InChI is InChI=1S/C14H17N3/c1-14(7-3-8-14)17-12-6-5-11(15)13-10(12)4-2-9-16-13/h2,4-6,9,17H,3,7-8,15H2,1H3. The molecule has 3 N–H and O–H groups in total. The van der Waals surface area contributed by atoms with E-state index in [9.17, 15) is 0 Å². The molecular weight excluding hydrogens is 210 g/mol. The zero-order valence-corrected chi connectivity index (χ0v) is 10.0. The van der Waals surface area contributed by atoms with Crippen LogP contribution in [-0.4, -0.2) is 10.5 Å². The normalized spacial score (nSPS) is 17.7. The first-order valence-electron chi connectivity index (χ1n) is 6.09. The molecule has 1 aromatic heterocycles. The number of rotatable bonds is 2. The van der Waals surface area contributed by atoms with Crippen LogP contribution in [0.5, 0.6) is 0 Å². The highest BCUT2D eigenvalue weighted by molar-refractivity contribution is 5.98. The molecule has 17 heavy (non-hydrogen) atoms. The maximum Gasteiger partial charge on any atom is 0.0951 e. The van der Waals surface area contributed by atoms with Crippen LogP contribution in [0, 0.1) is 0 Å². The van der Waals surface area contributed by atoms with Gasteiger partial charge in [0, 0.05) is 22.8 Å². The molecule has 0 unspecified atom stereocenters. The molecule has 0 aliphatic heterocycles. The van der Waals surface area contributed by atoms with Crippen molar-refractivity contribution in [1.29, 1.82) is 0 Å². The molecule has 3 rings (SSSR count). The average Bonchev–Trinajstić information content (AvgIpc) is 2.31. The molecule has 0 atom stereocenters. The quantitative estimate of drug-likeness (QED) is 0.775. The predicted molar refractivity (Wildman–Crippen MR) is 72.0 cm³/mol. The van der Waals surface area contributed by atoms with Crippen LogP contribution >= 0.6 is 0 Å². The van der Waals surface area contributed by atoms with Crippen LogP contribution in [-0.2, 0) is 0 Å². The monoisotopic (exact) mass is 227 g/mol. The van der Waals surface area contributed by atoms with Crippen LogP contribution in [0.3, 0.4) is 0 Å². The largest absolute Gasteiger partial charge is 0.397 e. The van der Waals surface area contributed by atoms with E-state index in [4.69, 9.17) is 5.73 Å². The Hall–Kier alpha value is -1.77. The molecule has 0 spiro atoms. The molecule has 3 nitrogen and oxygen atoms in total. The smallest absolute Gasteiger partial charge is 0.0951 e. The van der Waals surface area contributed by atoms with Crippen molar-refractivity contribution in [3.05, 3.63) is 30.5 Å². The maximum atomic E-state index is 5.95. The molecule has 1 aliphatic carbocycles. The number of nitrogens with zero attached hydrogens (tertiary/aromatic N) is 1. The van der Waals surface area contributed by atoms with Gasteiger partial charge in [0.05, 0.1) is 11.2 Å². The summed E-state index contributed by atoms with van der Waals surface area (Å²) in [5, 5.41) is 4.74. The molecule has 1 aliphatic rings. The van der Waals surface area contributed by atoms with Gasteiger partial charge < -0.3 is 11.1 Å². The Morgan fingerprint density at radius 3 is 2.82 bits per heavy atom. The first kappa shape index (κ1) is 10.4. The van der Waals surface area contributed by atoms with Crippen LogP contribution in [0.15, 0.2) is 30.5 Å². The van der Waals surface area contributed by atoms with E-state index in [1.165, 1.54) is 19.3 Å². The van der Waals surface area contributed by atoms with Gasteiger partial charge in [-0.25, -0.2) is 0 Å². The van der Waals surface area contributed by atoms with Gasteiger partial charge in [-0.2, -0.15) is 0 Å². The van der Waals surface area contributed by atoms with Gasteiger partial charge in [0.15, 0.2) is 0 Å². The summed E-state index contributed by atoms with van der Waals surface area (Å²) in [6.07, 6.45) is 5.57. The van der Waals surface area contributed by atoms with E-state index < -0.39 is 0 Å². The summed E-state index contributed by atoms with van der Waals surface area (Å²) in [6, 6.07) is 8.02. The average molecular weight is 227 g/mol. The van der Waals surface area contributed by atoms with E-state index in [1.54, 1.807) is 6.20 Å². The number of aromatic nitrogens is 1. The first-order chi connectivity index (χ1) is 8.18. The van der Waals surface area contributed by atoms with Gasteiger partial charge in [-0.3, -0.25) is 4.98 Å². The number of nitrogen functional groups attached to an aromatic ring is 1. The van der Waals surface area contributed by atoms with Crippen LogP contribution in [0.25, 0.3) is 10.9 Å². The van der Waals surface area contributed by atoms with Crippen LogP contribution in [0.2, 0.25) is 0 Å². The van der Waals surface area contributed by atoms with Crippen LogP contribution < -0.4 is 11.1 Å². The SMILES string of the molecule is CC1(Nc2ccc(N)c3ncccc23)CCC1. The first-order valence-corrected chi connectivity index (χ1v) is 6.09. The lowest BCUT2D eigenvalue weighted by atomic mass is 9.78. The minimum absolute atomic E-state index is 0.249. The fourth-order valence-corrected chi connectivity index (χ4v) is 2.46. The summed E-state index contributed by atoms with van der Waals surface area (Å²) >= 11 is 0. The highest BCUT2D eigenvalue weighted by Gasteiger charge is 2.31. The lowest BCUT2D eigenvalue weighted by Gasteiger charge is -2.40. The van der Waals surface area contributed by atoms with Crippen molar-refractivity contribution in [3.63, 3.8) is 0 Å². The Morgan fingerprint density at radius 1 is 1.29 bits per heavy atom. The second kappa shape index (κ2) is 3.62. The third-order valence-corrected chi connectivity index (χ3v) is 3.69. The Labute approximate surface area is 101 Å². The Morgan fingerprint density at radius 2 is 2.12 bits per heavy atom. The van der Waals surface area contributed by atoms with Crippen molar-refractivity contribution in [1.82, 2.24) is 4.98 Å². The summed E-state index contributed by atoms with van der Waals surface area (Å²) in [5.74, 6) is 0. The van der Waals surface area contributed by atoms with Gasteiger partial charge in [0.25, 0.3) is 0 Å². The highest BCUT2D eigenvalue weighted by Crippen LogP contribution is 2.37. The zero-order valence-electron chi connectivity index (χ0n) is 10.0. The highest BCUT2D eigenvalue weighted by atomic mass is 15.0. The van der Waals surface area contributed by atoms with Gasteiger partial charge in [-0.05, 0) is 50.5 Å². The molecule has 1 saturated carbocycles. The van der Waals surface area contributed by atoms with Crippen molar-refractivity contribution in [3.8, 4) is 0 Å². The molecule has 3 heteroatoms. The topological polar surface area (TPSA) is 50.9 Å². The third-order valence-electron chi connectivity index (χ3n) is 3.69. The zero-order chi connectivity index (χ0) is 11.9. The van der Waals surface area contributed by atoms with Crippen molar-refractivity contribution >= 4 is 22.3 Å². The fourth-order valence-electron chi connectivity index (χ4n) is 2.46. The van der Waals surface area contributed by atoms with Gasteiger partial charge in [-0.1, -0.05) is 0 Å². The van der Waals surface area contributed by atoms with Crippen molar-refractivity contribution < 1.29 is 0 Å². The molecule has 0 bridgehead atoms. The van der Waals surface area contributed by atoms with Crippen molar-refractivity contribution in [2.45, 2.75) is 31.7 Å². The van der Waals surface area contributed by atoms with Gasteiger partial charge >= 0.3 is 0 Å². The molecule has 0 saturated heterocycles. The predicted octanol–water partition coefficient (Wildman–Crippen LogP) is 3.17. The molecule has 1 aromatic carbocycles. The van der Waals surface area contributed by atoms with Gasteiger partial charge in [-0.15, -0.1) is 0 Å². The summed E-state index contributed by atoms with van der Waals surface area (Å²) in [6.45, 7) is 2.27. The summed E-state index contributed by atoms with van der Waals surface area (Å²) in [7, 11) is 0. The Bertz CT molecular complexity index is 558. The van der Waals surface area contributed by atoms with E-state index in [2.05, 4.69) is 29.4 Å². The molecule has 1 fully saturated rings. The van der Waals surface area contributed by atoms with E-state index in [-0.39, 0.29) is 5.54 Å². The van der Waals surface area contributed by atoms with Crippen LogP contribution in [0.4, 0.5) is 11.4 Å². The summed E-state index contributed by atoms with van der Waals surface area (Å²) < 4.78 is 0. The maximum absolute atomic E-state index is 5.95. The number of fused-ring (bicyclic) bond motifs is 1. The van der Waals surface area contributed by atoms with Crippen LogP contribution in [0.1, 0.15) is 26.2 Å². The molecule has 88 valence electrons. The molecule has 1 heterocycles. The number of anilines is 2.